The monoisotopic (exact) mass is 385 g/mol. The van der Waals surface area contributed by atoms with Crippen LogP contribution in [0.4, 0.5) is 0 Å². The summed E-state index contributed by atoms with van der Waals surface area (Å²) in [5, 5.41) is 0.231. The topological polar surface area (TPSA) is 73.9 Å². The van der Waals surface area contributed by atoms with Gasteiger partial charge in [0.05, 0.1) is 23.6 Å². The Hall–Kier alpha value is -1.96. The molecule has 0 unspecified atom stereocenters. The Bertz CT molecular complexity index is 810. The highest BCUT2D eigenvalue weighted by Crippen LogP contribution is 2.26. The third-order valence-electron chi connectivity index (χ3n) is 3.21. The fourth-order valence-electron chi connectivity index (χ4n) is 2.06. The molecule has 0 atom stereocenters. The van der Waals surface area contributed by atoms with Gasteiger partial charge in [0, 0.05) is 12.6 Å². The molecule has 0 fully saturated rings. The Morgan fingerprint density at radius 2 is 1.80 bits per heavy atom. The molecule has 0 saturated heterocycles. The van der Waals surface area contributed by atoms with Gasteiger partial charge in [0.15, 0.2) is 0 Å². The Morgan fingerprint density at radius 1 is 1.08 bits per heavy atom. The zero-order valence-corrected chi connectivity index (χ0v) is 15.6. The first-order chi connectivity index (χ1) is 12.0. The largest absolute Gasteiger partial charge is 0.495 e. The van der Waals surface area contributed by atoms with Crippen LogP contribution in [-0.2, 0) is 10.0 Å². The van der Waals surface area contributed by atoms with Crippen molar-refractivity contribution in [2.45, 2.75) is 11.8 Å². The quantitative estimate of drug-likeness (QED) is 0.671. The van der Waals surface area contributed by atoms with E-state index in [1.54, 1.807) is 12.1 Å². The van der Waals surface area contributed by atoms with Gasteiger partial charge in [0.1, 0.15) is 23.9 Å². The Balaban J connectivity index is 1.90. The smallest absolute Gasteiger partial charge is 0.240 e. The van der Waals surface area contributed by atoms with E-state index in [1.807, 2.05) is 19.1 Å². The standard InChI is InChI=1S/C17H20ClNO5S/c1-3-23-13-5-4-6-14(11-13)24-10-9-19-25(20,21)15-7-8-17(22-2)16(18)12-15/h4-8,11-12,19H,3,9-10H2,1-2H3. The highest BCUT2D eigenvalue weighted by atomic mass is 35.5. The first kappa shape index (κ1) is 19.4. The lowest BCUT2D eigenvalue weighted by Gasteiger charge is -2.11. The number of hydrogen-bond acceptors (Lipinski definition) is 5. The molecule has 2 aromatic carbocycles. The molecule has 0 spiro atoms. The molecule has 2 rings (SSSR count). The van der Waals surface area contributed by atoms with Gasteiger partial charge in [0.2, 0.25) is 10.0 Å². The highest BCUT2D eigenvalue weighted by molar-refractivity contribution is 7.89. The van der Waals surface area contributed by atoms with Gasteiger partial charge in [-0.2, -0.15) is 0 Å². The predicted octanol–water partition coefficient (Wildman–Crippen LogP) is 3.10. The lowest BCUT2D eigenvalue weighted by Crippen LogP contribution is -2.28. The summed E-state index contributed by atoms with van der Waals surface area (Å²) < 4.78 is 42.9. The zero-order chi connectivity index (χ0) is 18.3. The second kappa shape index (κ2) is 8.94. The van der Waals surface area contributed by atoms with Crippen molar-refractivity contribution >= 4 is 21.6 Å². The molecule has 136 valence electrons. The second-order valence-corrected chi connectivity index (χ2v) is 7.12. The van der Waals surface area contributed by atoms with Crippen LogP contribution < -0.4 is 18.9 Å². The number of sulfonamides is 1. The molecule has 6 nitrogen and oxygen atoms in total. The van der Waals surface area contributed by atoms with Gasteiger partial charge in [-0.15, -0.1) is 0 Å². The number of methoxy groups -OCH3 is 1. The SMILES string of the molecule is CCOc1cccc(OCCNS(=O)(=O)c2ccc(OC)c(Cl)c2)c1. The number of rotatable bonds is 9. The molecule has 1 N–H and O–H groups in total. The minimum absolute atomic E-state index is 0.0663. The van der Waals surface area contributed by atoms with Crippen molar-refractivity contribution in [3.05, 3.63) is 47.5 Å². The van der Waals surface area contributed by atoms with E-state index in [9.17, 15) is 8.42 Å². The van der Waals surface area contributed by atoms with Gasteiger partial charge >= 0.3 is 0 Å². The summed E-state index contributed by atoms with van der Waals surface area (Å²) in [5.41, 5.74) is 0. The molecular weight excluding hydrogens is 366 g/mol. The molecule has 0 heterocycles. The molecule has 0 saturated carbocycles. The van der Waals surface area contributed by atoms with Crippen molar-refractivity contribution in [2.75, 3.05) is 26.9 Å². The maximum Gasteiger partial charge on any atom is 0.240 e. The molecular formula is C17H20ClNO5S. The third-order valence-corrected chi connectivity index (χ3v) is 4.97. The summed E-state index contributed by atoms with van der Waals surface area (Å²) in [6.07, 6.45) is 0. The van der Waals surface area contributed by atoms with Crippen molar-refractivity contribution < 1.29 is 22.6 Å². The fraction of sp³-hybridized carbons (Fsp3) is 0.294. The molecule has 8 heteroatoms. The Morgan fingerprint density at radius 3 is 2.44 bits per heavy atom. The summed E-state index contributed by atoms with van der Waals surface area (Å²) in [6, 6.07) is 11.4. The summed E-state index contributed by atoms with van der Waals surface area (Å²) in [5.74, 6) is 1.73. The zero-order valence-electron chi connectivity index (χ0n) is 14.0. The number of hydrogen-bond donors (Lipinski definition) is 1. The Labute approximate surface area is 152 Å². The van der Waals surface area contributed by atoms with Crippen LogP contribution in [0.25, 0.3) is 0 Å². The number of benzene rings is 2. The van der Waals surface area contributed by atoms with Crippen molar-refractivity contribution in [1.82, 2.24) is 4.72 Å². The minimum Gasteiger partial charge on any atom is -0.495 e. The van der Waals surface area contributed by atoms with E-state index in [-0.39, 0.29) is 23.1 Å². The average molecular weight is 386 g/mol. The van der Waals surface area contributed by atoms with Gasteiger partial charge in [-0.1, -0.05) is 17.7 Å². The van der Waals surface area contributed by atoms with Gasteiger partial charge in [-0.05, 0) is 37.3 Å². The van der Waals surface area contributed by atoms with Crippen molar-refractivity contribution in [3.63, 3.8) is 0 Å². The second-order valence-electron chi connectivity index (χ2n) is 4.95. The van der Waals surface area contributed by atoms with E-state index in [0.717, 1.165) is 0 Å². The molecule has 0 aliphatic carbocycles. The Kier molecular flexibility index (Phi) is 6.92. The molecule has 25 heavy (non-hydrogen) atoms. The summed E-state index contributed by atoms with van der Waals surface area (Å²) in [6.45, 7) is 2.75. The van der Waals surface area contributed by atoms with Crippen LogP contribution in [0.3, 0.4) is 0 Å². The highest BCUT2D eigenvalue weighted by Gasteiger charge is 2.15. The lowest BCUT2D eigenvalue weighted by molar-refractivity contribution is 0.313. The molecule has 0 aromatic heterocycles. The van der Waals surface area contributed by atoms with E-state index in [1.165, 1.54) is 25.3 Å². The molecule has 0 bridgehead atoms. The van der Waals surface area contributed by atoms with E-state index in [0.29, 0.717) is 23.9 Å². The number of halogens is 1. The van der Waals surface area contributed by atoms with Gasteiger partial charge < -0.3 is 14.2 Å². The average Bonchev–Trinajstić information content (AvgIpc) is 2.59. The fourth-order valence-corrected chi connectivity index (χ4v) is 3.42. The third kappa shape index (κ3) is 5.52. The van der Waals surface area contributed by atoms with Gasteiger partial charge in [0.25, 0.3) is 0 Å². The van der Waals surface area contributed by atoms with Crippen LogP contribution in [0, 0.1) is 0 Å². The molecule has 0 radical (unpaired) electrons. The predicted molar refractivity (Wildman–Crippen MR) is 96.3 cm³/mol. The van der Waals surface area contributed by atoms with E-state index >= 15 is 0 Å². The number of ether oxygens (including phenoxy) is 3. The van der Waals surface area contributed by atoms with E-state index < -0.39 is 10.0 Å². The van der Waals surface area contributed by atoms with Crippen LogP contribution in [0.1, 0.15) is 6.92 Å². The lowest BCUT2D eigenvalue weighted by atomic mass is 10.3. The first-order valence-corrected chi connectivity index (χ1v) is 9.51. The molecule has 0 aliphatic rings. The van der Waals surface area contributed by atoms with Crippen molar-refractivity contribution in [2.24, 2.45) is 0 Å². The van der Waals surface area contributed by atoms with E-state index in [2.05, 4.69) is 4.72 Å². The summed E-state index contributed by atoms with van der Waals surface area (Å²) in [4.78, 5) is 0.0663. The number of nitrogens with one attached hydrogen (secondary N) is 1. The molecule has 2 aromatic rings. The summed E-state index contributed by atoms with van der Waals surface area (Å²) in [7, 11) is -2.21. The van der Waals surface area contributed by atoms with Crippen molar-refractivity contribution in [1.29, 1.82) is 0 Å². The van der Waals surface area contributed by atoms with Crippen LogP contribution in [-0.4, -0.2) is 35.3 Å². The van der Waals surface area contributed by atoms with Crippen molar-refractivity contribution in [3.8, 4) is 17.2 Å². The van der Waals surface area contributed by atoms with Gasteiger partial charge in [-0.25, -0.2) is 13.1 Å². The maximum atomic E-state index is 12.2. The molecule has 0 aliphatic heterocycles. The van der Waals surface area contributed by atoms with E-state index in [4.69, 9.17) is 25.8 Å². The minimum atomic E-state index is -3.67. The normalized spacial score (nSPS) is 11.2. The summed E-state index contributed by atoms with van der Waals surface area (Å²) >= 11 is 5.96. The molecule has 0 amide bonds. The van der Waals surface area contributed by atoms with Crippen LogP contribution in [0.15, 0.2) is 47.4 Å². The maximum absolute atomic E-state index is 12.2. The first-order valence-electron chi connectivity index (χ1n) is 7.65. The van der Waals surface area contributed by atoms with Crippen LogP contribution in [0.2, 0.25) is 5.02 Å². The van der Waals surface area contributed by atoms with Crippen LogP contribution in [0.5, 0.6) is 17.2 Å². The van der Waals surface area contributed by atoms with Gasteiger partial charge in [-0.3, -0.25) is 0 Å². The van der Waals surface area contributed by atoms with Crippen LogP contribution >= 0.6 is 11.6 Å².